The largest absolute Gasteiger partial charge is 0.339 e. The number of ketones is 1. The second kappa shape index (κ2) is 9.64. The summed E-state index contributed by atoms with van der Waals surface area (Å²) in [4.78, 5) is 44.4. The van der Waals surface area contributed by atoms with Crippen LogP contribution in [-0.4, -0.2) is 69.2 Å². The molecule has 2 aliphatic heterocycles. The molecule has 8 nitrogen and oxygen atoms in total. The van der Waals surface area contributed by atoms with Gasteiger partial charge in [-0.2, -0.15) is 0 Å². The van der Waals surface area contributed by atoms with Gasteiger partial charge in [-0.3, -0.25) is 24.0 Å². The van der Waals surface area contributed by atoms with Gasteiger partial charge in [0.25, 0.3) is 17.6 Å². The predicted octanol–water partition coefficient (Wildman–Crippen LogP) is 3.42. The number of piperazine rings is 1. The van der Waals surface area contributed by atoms with Crippen molar-refractivity contribution in [3.05, 3.63) is 82.4 Å². The number of halogens is 2. The van der Waals surface area contributed by atoms with E-state index in [-0.39, 0.29) is 33.9 Å². The fourth-order valence-corrected chi connectivity index (χ4v) is 5.02. The van der Waals surface area contributed by atoms with Crippen molar-refractivity contribution in [2.45, 2.75) is 25.9 Å². The lowest BCUT2D eigenvalue weighted by Crippen LogP contribution is -2.51. The van der Waals surface area contributed by atoms with E-state index in [1.807, 2.05) is 6.92 Å². The van der Waals surface area contributed by atoms with E-state index in [1.54, 1.807) is 17.0 Å². The van der Waals surface area contributed by atoms with Gasteiger partial charge in [0.15, 0.2) is 0 Å². The van der Waals surface area contributed by atoms with Crippen LogP contribution in [0.3, 0.4) is 0 Å². The van der Waals surface area contributed by atoms with E-state index < -0.39 is 11.7 Å². The number of likely N-dealkylation sites (tertiary alicyclic amines) is 1. The van der Waals surface area contributed by atoms with Gasteiger partial charge in [-0.1, -0.05) is 30.3 Å². The number of nitrogens with two attached hydrogens (primary N) is 1. The molecule has 2 aromatic carbocycles. The summed E-state index contributed by atoms with van der Waals surface area (Å²) in [5, 5.41) is 0.576. The molecule has 1 aromatic heterocycles. The maximum Gasteiger partial charge on any atom is 0.295 e. The summed E-state index contributed by atoms with van der Waals surface area (Å²) < 4.78 is 14.5. The van der Waals surface area contributed by atoms with E-state index in [0.29, 0.717) is 49.3 Å². The lowest BCUT2D eigenvalue weighted by Gasteiger charge is -2.41. The maximum atomic E-state index is 13.6. The Morgan fingerprint density at radius 2 is 1.84 bits per heavy atom. The molecule has 2 N–H and O–H groups in total. The van der Waals surface area contributed by atoms with Crippen LogP contribution in [0.25, 0.3) is 10.9 Å². The molecule has 0 unspecified atom stereocenters. The van der Waals surface area contributed by atoms with Crippen LogP contribution in [0.2, 0.25) is 5.02 Å². The van der Waals surface area contributed by atoms with Crippen LogP contribution in [-0.2, 0) is 11.3 Å². The second-order valence-electron chi connectivity index (χ2n) is 9.64. The minimum Gasteiger partial charge on any atom is -0.339 e. The van der Waals surface area contributed by atoms with Crippen LogP contribution in [0, 0.1) is 5.82 Å². The number of rotatable bonds is 5. The van der Waals surface area contributed by atoms with Gasteiger partial charge in [0.1, 0.15) is 5.82 Å². The highest BCUT2D eigenvalue weighted by atomic mass is 35.5. The van der Waals surface area contributed by atoms with E-state index in [1.165, 1.54) is 40.0 Å². The van der Waals surface area contributed by atoms with Gasteiger partial charge >= 0.3 is 0 Å². The molecule has 0 bridgehead atoms. The van der Waals surface area contributed by atoms with Crippen LogP contribution in [0.5, 0.6) is 0 Å². The molecule has 2 aliphatic rings. The molecule has 3 aromatic rings. The zero-order valence-electron chi connectivity index (χ0n) is 20.4. The lowest BCUT2D eigenvalue weighted by molar-refractivity contribution is -0.129. The number of carbonyl (C=O) groups is 3. The van der Waals surface area contributed by atoms with Gasteiger partial charge < -0.3 is 15.6 Å². The Labute approximate surface area is 218 Å². The molecule has 5 rings (SSSR count). The number of fused-ring (bicyclic) bond motifs is 1. The molecule has 0 radical (unpaired) electrons. The Morgan fingerprint density at radius 3 is 2.49 bits per heavy atom. The van der Waals surface area contributed by atoms with Crippen LogP contribution in [0.15, 0.2) is 54.9 Å². The average molecular weight is 524 g/mol. The number of nitrogen functional groups attached to an aromatic ring is 1. The number of nitrogens with zero attached hydrogens (tertiary/aromatic N) is 4. The molecule has 10 heteroatoms. The summed E-state index contributed by atoms with van der Waals surface area (Å²) >= 11 is 6.51. The molecular formula is C27H27ClFN5O3. The van der Waals surface area contributed by atoms with Crippen LogP contribution in [0.1, 0.15) is 39.6 Å². The molecule has 0 spiro atoms. The first-order valence-corrected chi connectivity index (χ1v) is 12.4. The quantitative estimate of drug-likeness (QED) is 0.314. The van der Waals surface area contributed by atoms with Gasteiger partial charge in [0.2, 0.25) is 0 Å². The number of Topliss-reactive ketones (excluding diaryl/α,β-unsaturated/α-hetero) is 1. The number of hydrogen-bond donors (Lipinski definition) is 1. The number of amides is 2. The summed E-state index contributed by atoms with van der Waals surface area (Å²) in [5.74, 6) is 4.17. The van der Waals surface area contributed by atoms with Crippen molar-refractivity contribution >= 4 is 40.1 Å². The van der Waals surface area contributed by atoms with Crippen LogP contribution < -0.4 is 5.84 Å². The normalized spacial score (nSPS) is 18.2. The maximum absolute atomic E-state index is 13.6. The second-order valence-corrected chi connectivity index (χ2v) is 10.0. The third-order valence-corrected chi connectivity index (χ3v) is 7.43. The molecule has 37 heavy (non-hydrogen) atoms. The topological polar surface area (TPSA) is 91.9 Å². The predicted molar refractivity (Wildman–Crippen MR) is 139 cm³/mol. The Bertz CT molecular complexity index is 1430. The molecule has 0 aliphatic carbocycles. The minimum atomic E-state index is -0.665. The van der Waals surface area contributed by atoms with E-state index in [4.69, 9.17) is 17.4 Å². The molecule has 2 fully saturated rings. The fourth-order valence-electron chi connectivity index (χ4n) is 4.79. The van der Waals surface area contributed by atoms with Crippen molar-refractivity contribution < 1.29 is 18.8 Å². The van der Waals surface area contributed by atoms with Gasteiger partial charge in [0, 0.05) is 56.0 Å². The monoisotopic (exact) mass is 523 g/mol. The van der Waals surface area contributed by atoms with Gasteiger partial charge in [-0.05, 0) is 43.2 Å². The van der Waals surface area contributed by atoms with E-state index in [2.05, 4.69) is 11.5 Å². The van der Waals surface area contributed by atoms with Crippen molar-refractivity contribution in [1.82, 2.24) is 19.4 Å². The molecule has 192 valence electrons. The summed E-state index contributed by atoms with van der Waals surface area (Å²) in [6.45, 7) is 8.64. The zero-order chi connectivity index (χ0) is 26.4. The fraction of sp³-hybridized carbons (Fsp3) is 0.296. The first kappa shape index (κ1) is 25.0. The smallest absolute Gasteiger partial charge is 0.295 e. The summed E-state index contributed by atoms with van der Waals surface area (Å²) in [6.07, 6.45) is 2.26. The molecule has 1 atom stereocenters. The third kappa shape index (κ3) is 4.60. The highest BCUT2D eigenvalue weighted by molar-refractivity contribution is 6.45. The zero-order valence-corrected chi connectivity index (χ0v) is 21.2. The van der Waals surface area contributed by atoms with Gasteiger partial charge in [-0.15, -0.1) is 0 Å². The number of aromatic nitrogens is 1. The standard InChI is InChI=1S/C27H27ClFN5O3/c1-16-13-33(17(2)12-32(16)14-18-4-6-19(29)7-5-18)26(36)21-10-20-22(15-34(30)24(20)11-23(21)28)25(35)27(37)31-8-3-9-31/h4-7,10-11,15-16H,2-3,8-9,12-14,30H2,1H3/t16-/m0/s1. The first-order valence-electron chi connectivity index (χ1n) is 12.1. The highest BCUT2D eigenvalue weighted by Crippen LogP contribution is 2.31. The number of carbonyl (C=O) groups excluding carboxylic acids is 3. The van der Waals surface area contributed by atoms with Crippen LogP contribution >= 0.6 is 11.6 Å². The molecule has 2 saturated heterocycles. The first-order chi connectivity index (χ1) is 17.6. The Hall–Kier alpha value is -3.69. The Kier molecular flexibility index (Phi) is 6.51. The summed E-state index contributed by atoms with van der Waals surface area (Å²) in [6, 6.07) is 9.40. The molecule has 3 heterocycles. The van der Waals surface area contributed by atoms with Crippen molar-refractivity contribution in [3.8, 4) is 0 Å². The Balaban J connectivity index is 1.39. The van der Waals surface area contributed by atoms with Gasteiger partial charge in [-0.25, -0.2) is 4.39 Å². The molecule has 0 saturated carbocycles. The summed E-state index contributed by atoms with van der Waals surface area (Å²) in [7, 11) is 0. The summed E-state index contributed by atoms with van der Waals surface area (Å²) in [5.41, 5.74) is 2.34. The number of hydrogen-bond acceptors (Lipinski definition) is 5. The van der Waals surface area contributed by atoms with Crippen LogP contribution in [0.4, 0.5) is 4.39 Å². The minimum absolute atomic E-state index is 0.00146. The van der Waals surface area contributed by atoms with Crippen molar-refractivity contribution in [3.63, 3.8) is 0 Å². The van der Waals surface area contributed by atoms with Crippen molar-refractivity contribution in [1.29, 1.82) is 0 Å². The van der Waals surface area contributed by atoms with Crippen molar-refractivity contribution in [2.24, 2.45) is 0 Å². The van der Waals surface area contributed by atoms with Crippen molar-refractivity contribution in [2.75, 3.05) is 32.0 Å². The number of benzene rings is 2. The van der Waals surface area contributed by atoms with Gasteiger partial charge in [0.05, 0.1) is 21.7 Å². The van der Waals surface area contributed by atoms with E-state index in [9.17, 15) is 18.8 Å². The SMILES string of the molecule is C=C1CN(Cc2ccc(F)cc2)[C@@H](C)CN1C(=O)c1cc2c(C(=O)C(=O)N3CCC3)cn(N)c2cc1Cl. The van der Waals surface area contributed by atoms with E-state index >= 15 is 0 Å². The lowest BCUT2D eigenvalue weighted by atomic mass is 10.0. The average Bonchev–Trinajstić information content (AvgIpc) is 3.15. The Morgan fingerprint density at radius 1 is 1.14 bits per heavy atom. The molecule has 2 amide bonds. The third-order valence-electron chi connectivity index (χ3n) is 7.12. The van der Waals surface area contributed by atoms with E-state index in [0.717, 1.165) is 12.0 Å². The highest BCUT2D eigenvalue weighted by Gasteiger charge is 2.33. The molecular weight excluding hydrogens is 497 g/mol.